The first kappa shape index (κ1) is 26.0. The highest BCUT2D eigenvalue weighted by molar-refractivity contribution is 14.0. The topological polar surface area (TPSA) is 65.0 Å². The molecule has 0 aromatic carbocycles. The number of aliphatic imine (C=N–C) groups is 1. The molecule has 2 saturated heterocycles. The number of likely N-dealkylation sites (tertiary alicyclic amines) is 1. The quantitative estimate of drug-likeness (QED) is 0.320. The summed E-state index contributed by atoms with van der Waals surface area (Å²) in [6.45, 7) is 5.16. The van der Waals surface area contributed by atoms with Crippen LogP contribution < -0.4 is 5.32 Å². The molecule has 0 atom stereocenters. The van der Waals surface area contributed by atoms with Crippen LogP contribution >= 0.6 is 24.0 Å². The highest BCUT2D eigenvalue weighted by atomic mass is 127. The number of halogens is 4. The van der Waals surface area contributed by atoms with E-state index in [4.69, 9.17) is 4.99 Å². The van der Waals surface area contributed by atoms with E-state index in [0.717, 1.165) is 25.6 Å². The first-order chi connectivity index (χ1) is 13.7. The van der Waals surface area contributed by atoms with Crippen molar-refractivity contribution in [3.05, 3.63) is 0 Å². The van der Waals surface area contributed by atoms with Gasteiger partial charge in [0.2, 0.25) is 0 Å². The van der Waals surface area contributed by atoms with Crippen LogP contribution in [-0.4, -0.2) is 68.4 Å². The van der Waals surface area contributed by atoms with Gasteiger partial charge in [0.25, 0.3) is 0 Å². The summed E-state index contributed by atoms with van der Waals surface area (Å²) < 4.78 is 61.8. The van der Waals surface area contributed by atoms with E-state index in [1.165, 1.54) is 38.5 Å². The molecular formula is C19H34F3IN4O2S. The number of rotatable bonds is 4. The molecule has 3 fully saturated rings. The van der Waals surface area contributed by atoms with Crippen LogP contribution in [0, 0.1) is 11.3 Å². The van der Waals surface area contributed by atoms with Crippen LogP contribution in [-0.2, 0) is 10.0 Å². The van der Waals surface area contributed by atoms with Crippen molar-refractivity contribution in [2.75, 3.05) is 39.3 Å². The van der Waals surface area contributed by atoms with Gasteiger partial charge in [0.15, 0.2) is 5.96 Å². The van der Waals surface area contributed by atoms with Gasteiger partial charge in [-0.15, -0.1) is 24.0 Å². The molecule has 0 aromatic rings. The Balaban J connectivity index is 0.00000320. The summed E-state index contributed by atoms with van der Waals surface area (Å²) in [5, 5.41) is 3.36. The van der Waals surface area contributed by atoms with E-state index in [1.54, 1.807) is 0 Å². The van der Waals surface area contributed by atoms with Gasteiger partial charge in [0.1, 0.15) is 0 Å². The van der Waals surface area contributed by atoms with Gasteiger partial charge < -0.3 is 10.2 Å². The summed E-state index contributed by atoms with van der Waals surface area (Å²) in [6.07, 6.45) is 8.53. The Morgan fingerprint density at radius 1 is 1.10 bits per heavy atom. The zero-order valence-corrected chi connectivity index (χ0v) is 20.7. The first-order valence-electron chi connectivity index (χ1n) is 10.8. The van der Waals surface area contributed by atoms with Crippen molar-refractivity contribution in [3.8, 4) is 0 Å². The molecule has 0 bridgehead atoms. The van der Waals surface area contributed by atoms with Gasteiger partial charge in [0.05, 0.1) is 0 Å². The van der Waals surface area contributed by atoms with Crippen molar-refractivity contribution in [1.82, 2.24) is 14.5 Å². The van der Waals surface area contributed by atoms with E-state index in [2.05, 4.69) is 10.2 Å². The fraction of sp³-hybridized carbons (Fsp3) is 0.947. The van der Waals surface area contributed by atoms with Crippen LogP contribution in [0.4, 0.5) is 13.2 Å². The molecule has 1 spiro atoms. The van der Waals surface area contributed by atoms with Gasteiger partial charge in [-0.05, 0) is 50.4 Å². The van der Waals surface area contributed by atoms with Gasteiger partial charge in [-0.3, -0.25) is 4.99 Å². The third-order valence-electron chi connectivity index (χ3n) is 6.69. The third kappa shape index (κ3) is 5.93. The molecule has 3 rings (SSSR count). The summed E-state index contributed by atoms with van der Waals surface area (Å²) in [5.41, 5.74) is -4.80. The third-order valence-corrected chi connectivity index (χ3v) is 8.32. The number of hydrogen-bond donors (Lipinski definition) is 1. The molecular weight excluding hydrogens is 532 g/mol. The summed E-state index contributed by atoms with van der Waals surface area (Å²) in [5.74, 6) is 0.995. The Kier molecular flexibility index (Phi) is 9.12. The summed E-state index contributed by atoms with van der Waals surface area (Å²) >= 11 is 0. The van der Waals surface area contributed by atoms with Crippen molar-refractivity contribution >= 4 is 40.0 Å². The van der Waals surface area contributed by atoms with Gasteiger partial charge in [-0.1, -0.05) is 19.3 Å². The number of guanidine groups is 1. The van der Waals surface area contributed by atoms with Crippen molar-refractivity contribution in [1.29, 1.82) is 0 Å². The monoisotopic (exact) mass is 566 g/mol. The lowest BCUT2D eigenvalue weighted by Crippen LogP contribution is -2.45. The highest BCUT2D eigenvalue weighted by Crippen LogP contribution is 2.43. The molecule has 30 heavy (non-hydrogen) atoms. The lowest BCUT2D eigenvalue weighted by atomic mass is 9.73. The van der Waals surface area contributed by atoms with Crippen LogP contribution in [0.3, 0.4) is 0 Å². The molecule has 0 amide bonds. The number of hydrogen-bond acceptors (Lipinski definition) is 3. The molecule has 1 saturated carbocycles. The largest absolute Gasteiger partial charge is 0.511 e. The predicted molar refractivity (Wildman–Crippen MR) is 122 cm³/mol. The zero-order chi connectivity index (χ0) is 21.1. The number of piperidine rings is 1. The Bertz CT molecular complexity index is 688. The Hall–Kier alpha value is -0.300. The second kappa shape index (κ2) is 10.5. The number of nitrogens with one attached hydrogen (secondary N) is 1. The molecule has 2 heterocycles. The summed E-state index contributed by atoms with van der Waals surface area (Å²) in [7, 11) is -5.21. The van der Waals surface area contributed by atoms with Crippen LogP contribution in [0.1, 0.15) is 58.3 Å². The molecule has 11 heteroatoms. The fourth-order valence-corrected chi connectivity index (χ4v) is 5.93. The maximum atomic E-state index is 12.7. The van der Waals surface area contributed by atoms with E-state index in [9.17, 15) is 21.6 Å². The minimum Gasteiger partial charge on any atom is -0.357 e. The highest BCUT2D eigenvalue weighted by Gasteiger charge is 2.50. The molecule has 0 aromatic heterocycles. The van der Waals surface area contributed by atoms with Crippen molar-refractivity contribution in [2.24, 2.45) is 16.3 Å². The van der Waals surface area contributed by atoms with Crippen molar-refractivity contribution in [3.63, 3.8) is 0 Å². The molecule has 176 valence electrons. The maximum Gasteiger partial charge on any atom is 0.511 e. The van der Waals surface area contributed by atoms with Gasteiger partial charge in [-0.2, -0.15) is 17.5 Å². The predicted octanol–water partition coefficient (Wildman–Crippen LogP) is 3.79. The SMILES string of the molecule is CCNC(=NCC1CCN(S(=O)(=O)C(F)(F)F)CC1)N1CCC2(CCCCC2)C1.I. The molecule has 1 N–H and O–H groups in total. The lowest BCUT2D eigenvalue weighted by molar-refractivity contribution is -0.0496. The fourth-order valence-electron chi connectivity index (χ4n) is 4.95. The van der Waals surface area contributed by atoms with E-state index in [-0.39, 0.29) is 43.0 Å². The number of sulfonamides is 1. The Morgan fingerprint density at radius 2 is 1.73 bits per heavy atom. The number of nitrogens with zero attached hydrogens (tertiary/aromatic N) is 3. The van der Waals surface area contributed by atoms with Crippen molar-refractivity contribution < 1.29 is 21.6 Å². The van der Waals surface area contributed by atoms with Crippen molar-refractivity contribution in [2.45, 2.75) is 63.8 Å². The van der Waals surface area contributed by atoms with Gasteiger partial charge in [-0.25, -0.2) is 8.42 Å². The van der Waals surface area contributed by atoms with E-state index < -0.39 is 15.5 Å². The first-order valence-corrected chi connectivity index (χ1v) is 12.2. The smallest absolute Gasteiger partial charge is 0.357 e. The zero-order valence-electron chi connectivity index (χ0n) is 17.6. The standard InChI is InChI=1S/C19H33F3N4O2S.HI/c1-2-23-17(25-13-10-18(15-25)8-4-3-5-9-18)24-14-16-6-11-26(12-7-16)29(27,28)19(20,21)22;/h16H,2-15H2,1H3,(H,23,24);1H. The second-order valence-corrected chi connectivity index (χ2v) is 10.6. The van der Waals surface area contributed by atoms with E-state index >= 15 is 0 Å². The Labute approximate surface area is 195 Å². The minimum atomic E-state index is -5.22. The van der Waals surface area contributed by atoms with Crippen LogP contribution in [0.2, 0.25) is 0 Å². The molecule has 1 aliphatic carbocycles. The average Bonchev–Trinajstić information content (AvgIpc) is 3.08. The van der Waals surface area contributed by atoms with Crippen LogP contribution in [0.15, 0.2) is 4.99 Å². The summed E-state index contributed by atoms with van der Waals surface area (Å²) in [6, 6.07) is 0. The average molecular weight is 566 g/mol. The molecule has 0 unspecified atom stereocenters. The molecule has 6 nitrogen and oxygen atoms in total. The normalized spacial score (nSPS) is 24.1. The Morgan fingerprint density at radius 3 is 2.30 bits per heavy atom. The molecule has 0 radical (unpaired) electrons. The lowest BCUT2D eigenvalue weighted by Gasteiger charge is -2.34. The van der Waals surface area contributed by atoms with Gasteiger partial charge >= 0.3 is 15.5 Å². The molecule has 2 aliphatic heterocycles. The van der Waals surface area contributed by atoms with Gasteiger partial charge in [0, 0.05) is 39.3 Å². The van der Waals surface area contributed by atoms with E-state index in [1.807, 2.05) is 6.92 Å². The summed E-state index contributed by atoms with van der Waals surface area (Å²) in [4.78, 5) is 7.11. The minimum absolute atomic E-state index is 0. The van der Waals surface area contributed by atoms with Crippen LogP contribution in [0.5, 0.6) is 0 Å². The molecule has 3 aliphatic rings. The van der Waals surface area contributed by atoms with Crippen LogP contribution in [0.25, 0.3) is 0 Å². The van der Waals surface area contributed by atoms with E-state index in [0.29, 0.717) is 29.1 Å². The maximum absolute atomic E-state index is 12.7. The number of alkyl halides is 3. The second-order valence-electron chi connectivity index (χ2n) is 8.72.